The van der Waals surface area contributed by atoms with Gasteiger partial charge >= 0.3 is 6.03 Å². The zero-order valence-electron chi connectivity index (χ0n) is 19.9. The van der Waals surface area contributed by atoms with Crippen LogP contribution in [0.1, 0.15) is 30.9 Å². The topological polar surface area (TPSA) is 100 Å². The molecule has 35 heavy (non-hydrogen) atoms. The first-order valence-electron chi connectivity index (χ1n) is 11.0. The minimum Gasteiger partial charge on any atom is -0.497 e. The number of carbonyl (C=O) groups is 3. The number of benzene rings is 2. The van der Waals surface area contributed by atoms with E-state index in [0.29, 0.717) is 22.5 Å². The molecule has 1 aliphatic heterocycles. The van der Waals surface area contributed by atoms with E-state index < -0.39 is 11.9 Å². The van der Waals surface area contributed by atoms with E-state index in [1.807, 2.05) is 24.3 Å². The number of ether oxygens (including phenoxy) is 1. The van der Waals surface area contributed by atoms with Crippen molar-refractivity contribution in [2.45, 2.75) is 19.8 Å². The average molecular weight is 493 g/mol. The van der Waals surface area contributed by atoms with Gasteiger partial charge in [-0.1, -0.05) is 62.0 Å². The first-order chi connectivity index (χ1) is 16.8. The second-order valence-electron chi connectivity index (χ2n) is 7.92. The molecule has 4 amide bonds. The summed E-state index contributed by atoms with van der Waals surface area (Å²) < 4.78 is 5.30. The van der Waals surface area contributed by atoms with Crippen LogP contribution < -0.4 is 20.3 Å². The minimum absolute atomic E-state index is 0.107. The van der Waals surface area contributed by atoms with Crippen LogP contribution in [0.5, 0.6) is 5.75 Å². The van der Waals surface area contributed by atoms with Crippen LogP contribution in [0.15, 0.2) is 71.9 Å². The van der Waals surface area contributed by atoms with Crippen LogP contribution in [0.25, 0.3) is 6.08 Å². The number of amidine groups is 1. The van der Waals surface area contributed by atoms with Gasteiger partial charge in [-0.25, -0.2) is 9.79 Å². The van der Waals surface area contributed by atoms with E-state index in [2.05, 4.69) is 36.1 Å². The third-order valence-electron chi connectivity index (χ3n) is 5.04. The molecule has 0 aromatic heterocycles. The second-order valence-corrected chi connectivity index (χ2v) is 8.87. The fraction of sp³-hybridized carbons (Fsp3) is 0.231. The van der Waals surface area contributed by atoms with Gasteiger partial charge in [0.15, 0.2) is 5.17 Å². The zero-order valence-corrected chi connectivity index (χ0v) is 20.7. The quantitative estimate of drug-likeness (QED) is 0.423. The highest BCUT2D eigenvalue weighted by atomic mass is 32.2. The molecule has 0 fully saturated rings. The average Bonchev–Trinajstić information content (AvgIpc) is 3.16. The van der Waals surface area contributed by atoms with Crippen molar-refractivity contribution in [1.29, 1.82) is 0 Å². The Labute approximate surface area is 209 Å². The molecule has 0 radical (unpaired) electrons. The Bertz CT molecular complexity index is 1170. The van der Waals surface area contributed by atoms with E-state index >= 15 is 0 Å². The summed E-state index contributed by atoms with van der Waals surface area (Å²) in [7, 11) is 1.54. The number of nitrogens with one attached hydrogen (secondary N) is 2. The summed E-state index contributed by atoms with van der Waals surface area (Å²) in [5, 5.41) is 5.04. The van der Waals surface area contributed by atoms with Crippen molar-refractivity contribution >= 4 is 46.5 Å². The van der Waals surface area contributed by atoms with Crippen molar-refractivity contribution in [2.75, 3.05) is 24.3 Å². The number of aliphatic imine (C=N–C) groups is 1. The summed E-state index contributed by atoms with van der Waals surface area (Å²) in [6.07, 6.45) is 3.23. The minimum atomic E-state index is -0.616. The first kappa shape index (κ1) is 25.8. The van der Waals surface area contributed by atoms with Crippen molar-refractivity contribution in [1.82, 2.24) is 10.6 Å². The monoisotopic (exact) mass is 492 g/mol. The standard InChI is InChI=1S/C26H28N4O4S/c1-5-13-27-25(33)29-23(31)16-35-26-28-22(14-18-9-11-19(12-10-18)17(2)3)24(32)30(26)20-7-6-8-21(15-20)34-4/h5-12,14-15,17H,1,13,16H2,2-4H3,(H2,27,29,31,33)/b22-14+. The molecule has 0 saturated heterocycles. The van der Waals surface area contributed by atoms with Gasteiger partial charge in [0, 0.05) is 12.6 Å². The van der Waals surface area contributed by atoms with E-state index in [-0.39, 0.29) is 23.9 Å². The van der Waals surface area contributed by atoms with Gasteiger partial charge in [-0.05, 0) is 35.3 Å². The van der Waals surface area contributed by atoms with Crippen LogP contribution in [0.2, 0.25) is 0 Å². The van der Waals surface area contributed by atoms with Gasteiger partial charge in [0.2, 0.25) is 5.91 Å². The number of hydrogen-bond donors (Lipinski definition) is 2. The third kappa shape index (κ3) is 6.83. The molecule has 2 aromatic carbocycles. The summed E-state index contributed by atoms with van der Waals surface area (Å²) in [6.45, 7) is 7.98. The van der Waals surface area contributed by atoms with Gasteiger partial charge < -0.3 is 10.1 Å². The highest BCUT2D eigenvalue weighted by molar-refractivity contribution is 8.14. The van der Waals surface area contributed by atoms with Crippen LogP contribution in [0.4, 0.5) is 10.5 Å². The molecular weight excluding hydrogens is 464 g/mol. The molecule has 8 nitrogen and oxygen atoms in total. The lowest BCUT2D eigenvalue weighted by Gasteiger charge is -2.18. The number of rotatable bonds is 8. The third-order valence-corrected chi connectivity index (χ3v) is 5.98. The van der Waals surface area contributed by atoms with Crippen LogP contribution >= 0.6 is 11.8 Å². The lowest BCUT2D eigenvalue weighted by Crippen LogP contribution is -2.40. The summed E-state index contributed by atoms with van der Waals surface area (Å²) in [6, 6.07) is 14.4. The molecule has 2 aromatic rings. The van der Waals surface area contributed by atoms with Crippen LogP contribution in [0.3, 0.4) is 0 Å². The molecule has 3 rings (SSSR count). The predicted molar refractivity (Wildman–Crippen MR) is 141 cm³/mol. The predicted octanol–water partition coefficient (Wildman–Crippen LogP) is 4.31. The summed E-state index contributed by atoms with van der Waals surface area (Å²) in [5.74, 6) is 0.0407. The Morgan fingerprint density at radius 1 is 1.20 bits per heavy atom. The number of methoxy groups -OCH3 is 1. The van der Waals surface area contributed by atoms with E-state index in [1.165, 1.54) is 16.5 Å². The van der Waals surface area contributed by atoms with Crippen molar-refractivity contribution in [3.05, 3.63) is 78.0 Å². The lowest BCUT2D eigenvalue weighted by atomic mass is 10.0. The van der Waals surface area contributed by atoms with E-state index in [1.54, 1.807) is 37.5 Å². The van der Waals surface area contributed by atoms with E-state index in [4.69, 9.17) is 4.74 Å². The van der Waals surface area contributed by atoms with Gasteiger partial charge in [-0.15, -0.1) is 6.58 Å². The van der Waals surface area contributed by atoms with Crippen LogP contribution in [-0.2, 0) is 9.59 Å². The highest BCUT2D eigenvalue weighted by Crippen LogP contribution is 2.31. The summed E-state index contributed by atoms with van der Waals surface area (Å²) >= 11 is 1.06. The number of thioether (sulfide) groups is 1. The molecule has 2 N–H and O–H groups in total. The molecule has 0 unspecified atom stereocenters. The molecule has 0 saturated carbocycles. The first-order valence-corrected chi connectivity index (χ1v) is 12.0. The Morgan fingerprint density at radius 3 is 2.60 bits per heavy atom. The Hall–Kier alpha value is -3.85. The Kier molecular flexibility index (Phi) is 8.86. The zero-order chi connectivity index (χ0) is 25.4. The van der Waals surface area contributed by atoms with Crippen molar-refractivity contribution < 1.29 is 19.1 Å². The number of anilines is 1. The van der Waals surface area contributed by atoms with Gasteiger partial charge in [0.05, 0.1) is 18.6 Å². The number of urea groups is 1. The van der Waals surface area contributed by atoms with Gasteiger partial charge in [0.1, 0.15) is 11.4 Å². The second kappa shape index (κ2) is 12.0. The van der Waals surface area contributed by atoms with E-state index in [0.717, 1.165) is 17.3 Å². The van der Waals surface area contributed by atoms with Crippen molar-refractivity contribution in [2.24, 2.45) is 4.99 Å². The number of imide groups is 1. The Morgan fingerprint density at radius 2 is 1.94 bits per heavy atom. The molecule has 0 atom stereocenters. The van der Waals surface area contributed by atoms with Gasteiger partial charge in [-0.2, -0.15) is 0 Å². The molecule has 0 bridgehead atoms. The SMILES string of the molecule is C=CCNC(=O)NC(=O)CSC1=N/C(=C/c2ccc(C(C)C)cc2)C(=O)N1c1cccc(OC)c1. The molecule has 0 aliphatic carbocycles. The normalized spacial score (nSPS) is 14.2. The molecule has 1 heterocycles. The van der Waals surface area contributed by atoms with Crippen LogP contribution in [0, 0.1) is 0 Å². The van der Waals surface area contributed by atoms with E-state index in [9.17, 15) is 14.4 Å². The van der Waals surface area contributed by atoms with Crippen molar-refractivity contribution in [3.8, 4) is 5.75 Å². The van der Waals surface area contributed by atoms with Crippen LogP contribution in [-0.4, -0.2) is 42.4 Å². The summed E-state index contributed by atoms with van der Waals surface area (Å²) in [4.78, 5) is 43.3. The number of nitrogens with zero attached hydrogens (tertiary/aromatic N) is 2. The lowest BCUT2D eigenvalue weighted by molar-refractivity contribution is -0.117. The molecular formula is C26H28N4O4S. The largest absolute Gasteiger partial charge is 0.497 e. The number of amides is 4. The number of hydrogen-bond acceptors (Lipinski definition) is 6. The van der Waals surface area contributed by atoms with Crippen molar-refractivity contribution in [3.63, 3.8) is 0 Å². The maximum Gasteiger partial charge on any atom is 0.321 e. The Balaban J connectivity index is 1.85. The fourth-order valence-corrected chi connectivity index (χ4v) is 4.02. The maximum absolute atomic E-state index is 13.4. The van der Waals surface area contributed by atoms with Gasteiger partial charge in [-0.3, -0.25) is 19.8 Å². The summed E-state index contributed by atoms with van der Waals surface area (Å²) in [5.41, 5.74) is 2.85. The molecule has 0 spiro atoms. The molecule has 182 valence electrons. The molecule has 1 aliphatic rings. The maximum atomic E-state index is 13.4. The smallest absolute Gasteiger partial charge is 0.321 e. The fourth-order valence-electron chi connectivity index (χ4n) is 3.21. The molecule has 9 heteroatoms. The number of carbonyl (C=O) groups excluding carboxylic acids is 3. The highest BCUT2D eigenvalue weighted by Gasteiger charge is 2.32. The van der Waals surface area contributed by atoms with Gasteiger partial charge in [0.25, 0.3) is 5.91 Å².